The van der Waals surface area contributed by atoms with Crippen LogP contribution < -0.4 is 5.49 Å². The van der Waals surface area contributed by atoms with Crippen molar-refractivity contribution >= 4 is 16.7 Å². The molecule has 8 heteroatoms. The number of aromatic nitrogens is 3. The summed E-state index contributed by atoms with van der Waals surface area (Å²) < 4.78 is 43.9. The first-order valence-electron chi connectivity index (χ1n) is 8.59. The van der Waals surface area contributed by atoms with Crippen molar-refractivity contribution in [2.75, 3.05) is 0 Å². The van der Waals surface area contributed by atoms with Crippen LogP contribution in [-0.2, 0) is 5.92 Å². The summed E-state index contributed by atoms with van der Waals surface area (Å²) in [5.41, 5.74) is 0.507. The number of hydrogen-bond acceptors (Lipinski definition) is 4. The summed E-state index contributed by atoms with van der Waals surface area (Å²) in [7, 11) is 0. The highest BCUT2D eigenvalue weighted by molar-refractivity contribution is 5.90. The SMILES string of the molecule is N=C(n1nc(-c2ccc(F)cc2)ccc1=N)C(F)(F)c1ccc2ncccc2c1. The molecule has 2 aromatic heterocycles. The smallest absolute Gasteiger partial charge is 0.283 e. The number of halogens is 3. The minimum atomic E-state index is -3.70. The molecule has 5 nitrogen and oxygen atoms in total. The second kappa shape index (κ2) is 6.97. The van der Waals surface area contributed by atoms with Gasteiger partial charge in [-0.3, -0.25) is 15.8 Å². The average Bonchev–Trinajstić information content (AvgIpc) is 2.74. The van der Waals surface area contributed by atoms with Gasteiger partial charge in [-0.15, -0.1) is 0 Å². The Morgan fingerprint density at radius 1 is 0.966 bits per heavy atom. The van der Waals surface area contributed by atoms with E-state index >= 15 is 8.78 Å². The first-order valence-corrected chi connectivity index (χ1v) is 8.59. The molecule has 0 saturated heterocycles. The molecule has 0 aliphatic carbocycles. The lowest BCUT2D eigenvalue weighted by atomic mass is 10.0. The number of fused-ring (bicyclic) bond motifs is 1. The van der Waals surface area contributed by atoms with Gasteiger partial charge in [0.25, 0.3) is 0 Å². The fourth-order valence-corrected chi connectivity index (χ4v) is 2.91. The molecule has 0 fully saturated rings. The third-order valence-electron chi connectivity index (χ3n) is 4.45. The lowest BCUT2D eigenvalue weighted by Crippen LogP contribution is -2.39. The lowest BCUT2D eigenvalue weighted by Gasteiger charge is -2.19. The lowest BCUT2D eigenvalue weighted by molar-refractivity contribution is 0.0697. The Hall–Kier alpha value is -3.81. The summed E-state index contributed by atoms with van der Waals surface area (Å²) in [6, 6.07) is 15.3. The number of hydrogen-bond donors (Lipinski definition) is 2. The van der Waals surface area contributed by atoms with E-state index in [0.29, 0.717) is 21.1 Å². The van der Waals surface area contributed by atoms with Crippen molar-refractivity contribution in [1.29, 1.82) is 10.8 Å². The van der Waals surface area contributed by atoms with E-state index in [2.05, 4.69) is 10.1 Å². The highest BCUT2D eigenvalue weighted by Gasteiger charge is 2.39. The standard InChI is InChI=1S/C21H14F3N5/c22-16-6-3-13(4-7-16)18-9-10-19(25)29(28-18)20(26)21(23,24)15-5-8-17-14(12-15)2-1-11-27-17/h1-12,25-26H. The summed E-state index contributed by atoms with van der Waals surface area (Å²) in [5, 5.41) is 20.5. The Labute approximate surface area is 163 Å². The van der Waals surface area contributed by atoms with E-state index in [1.807, 2.05) is 0 Å². The molecule has 0 radical (unpaired) electrons. The van der Waals surface area contributed by atoms with E-state index in [0.717, 1.165) is 0 Å². The number of benzene rings is 2. The number of nitrogens with zero attached hydrogens (tertiary/aromatic N) is 3. The van der Waals surface area contributed by atoms with Gasteiger partial charge in [-0.2, -0.15) is 18.6 Å². The molecular formula is C21H14F3N5. The van der Waals surface area contributed by atoms with Crippen molar-refractivity contribution in [3.8, 4) is 11.3 Å². The largest absolute Gasteiger partial charge is 0.331 e. The van der Waals surface area contributed by atoms with Crippen LogP contribution in [0.15, 0.2) is 72.9 Å². The molecule has 4 rings (SSSR count). The van der Waals surface area contributed by atoms with E-state index in [1.54, 1.807) is 18.3 Å². The zero-order valence-electron chi connectivity index (χ0n) is 14.9. The van der Waals surface area contributed by atoms with Gasteiger partial charge < -0.3 is 0 Å². The van der Waals surface area contributed by atoms with Crippen LogP contribution in [0, 0.1) is 16.6 Å². The predicted octanol–water partition coefficient (Wildman–Crippen LogP) is 4.33. The van der Waals surface area contributed by atoms with Crippen LogP contribution >= 0.6 is 0 Å². The second-order valence-corrected chi connectivity index (χ2v) is 6.36. The van der Waals surface area contributed by atoms with Crippen LogP contribution in [0.25, 0.3) is 22.2 Å². The number of rotatable bonds is 3. The molecule has 0 atom stereocenters. The highest BCUT2D eigenvalue weighted by atomic mass is 19.3. The van der Waals surface area contributed by atoms with Gasteiger partial charge in [0.2, 0.25) is 0 Å². The van der Waals surface area contributed by atoms with E-state index in [4.69, 9.17) is 10.8 Å². The van der Waals surface area contributed by atoms with Crippen molar-refractivity contribution in [3.05, 3.63) is 89.8 Å². The maximum atomic E-state index is 15.1. The Morgan fingerprint density at radius 2 is 1.72 bits per heavy atom. The molecule has 29 heavy (non-hydrogen) atoms. The Bertz CT molecular complexity index is 1280. The minimum Gasteiger partial charge on any atom is -0.283 e. The summed E-state index contributed by atoms with van der Waals surface area (Å²) in [6.07, 6.45) is 1.56. The number of alkyl halides is 2. The summed E-state index contributed by atoms with van der Waals surface area (Å²) in [6.45, 7) is 0. The van der Waals surface area contributed by atoms with Gasteiger partial charge in [0.1, 0.15) is 11.3 Å². The molecule has 2 heterocycles. The van der Waals surface area contributed by atoms with Crippen molar-refractivity contribution in [3.63, 3.8) is 0 Å². The van der Waals surface area contributed by atoms with Crippen LogP contribution in [0.3, 0.4) is 0 Å². The molecule has 0 amide bonds. The van der Waals surface area contributed by atoms with E-state index in [1.165, 1.54) is 54.6 Å². The summed E-state index contributed by atoms with van der Waals surface area (Å²) in [5.74, 6) is -5.29. The summed E-state index contributed by atoms with van der Waals surface area (Å²) in [4.78, 5) is 4.10. The van der Waals surface area contributed by atoms with Crippen molar-refractivity contribution in [2.45, 2.75) is 5.92 Å². The number of pyridine rings is 1. The van der Waals surface area contributed by atoms with Gasteiger partial charge in [-0.1, -0.05) is 12.1 Å². The first-order chi connectivity index (χ1) is 13.9. The molecule has 4 aromatic rings. The molecular weight excluding hydrogens is 379 g/mol. The molecule has 0 spiro atoms. The predicted molar refractivity (Wildman–Crippen MR) is 102 cm³/mol. The maximum absolute atomic E-state index is 15.1. The Kier molecular flexibility index (Phi) is 4.46. The van der Waals surface area contributed by atoms with Crippen LogP contribution in [0.5, 0.6) is 0 Å². The summed E-state index contributed by atoms with van der Waals surface area (Å²) >= 11 is 0. The topological polar surface area (TPSA) is 78.4 Å². The Balaban J connectivity index is 1.76. The molecule has 0 unspecified atom stereocenters. The van der Waals surface area contributed by atoms with Crippen LogP contribution in [0.2, 0.25) is 0 Å². The first kappa shape index (κ1) is 18.5. The highest BCUT2D eigenvalue weighted by Crippen LogP contribution is 2.31. The van der Waals surface area contributed by atoms with Crippen LogP contribution in [0.4, 0.5) is 13.2 Å². The van der Waals surface area contributed by atoms with Gasteiger partial charge in [0.15, 0.2) is 5.84 Å². The normalized spacial score (nSPS) is 11.6. The van der Waals surface area contributed by atoms with E-state index in [-0.39, 0.29) is 11.2 Å². The van der Waals surface area contributed by atoms with Gasteiger partial charge >= 0.3 is 5.92 Å². The maximum Gasteiger partial charge on any atom is 0.331 e. The third kappa shape index (κ3) is 3.40. The molecule has 2 N–H and O–H groups in total. The van der Waals surface area contributed by atoms with E-state index < -0.39 is 23.1 Å². The van der Waals surface area contributed by atoms with Crippen LogP contribution in [0.1, 0.15) is 5.56 Å². The molecule has 0 bridgehead atoms. The van der Waals surface area contributed by atoms with Crippen molar-refractivity contribution < 1.29 is 13.2 Å². The fourth-order valence-electron chi connectivity index (χ4n) is 2.91. The second-order valence-electron chi connectivity index (χ2n) is 6.36. The zero-order chi connectivity index (χ0) is 20.6. The zero-order valence-corrected chi connectivity index (χ0v) is 14.9. The Morgan fingerprint density at radius 3 is 2.48 bits per heavy atom. The van der Waals surface area contributed by atoms with Crippen LogP contribution in [-0.4, -0.2) is 20.6 Å². The minimum absolute atomic E-state index is 0.240. The van der Waals surface area contributed by atoms with Crippen molar-refractivity contribution in [1.82, 2.24) is 14.8 Å². The quantitative estimate of drug-likeness (QED) is 0.401. The molecule has 144 valence electrons. The molecule has 0 aliphatic rings. The molecule has 2 aromatic carbocycles. The third-order valence-corrected chi connectivity index (χ3v) is 4.45. The fraction of sp³-hybridized carbons (Fsp3) is 0.0476. The number of nitrogens with one attached hydrogen (secondary N) is 2. The van der Waals surface area contributed by atoms with Gasteiger partial charge in [0.05, 0.1) is 11.2 Å². The van der Waals surface area contributed by atoms with Crippen molar-refractivity contribution in [2.24, 2.45) is 0 Å². The monoisotopic (exact) mass is 393 g/mol. The van der Waals surface area contributed by atoms with Gasteiger partial charge in [-0.05, 0) is 54.6 Å². The average molecular weight is 393 g/mol. The van der Waals surface area contributed by atoms with E-state index in [9.17, 15) is 4.39 Å². The van der Waals surface area contributed by atoms with Gasteiger partial charge in [-0.25, -0.2) is 4.39 Å². The van der Waals surface area contributed by atoms with Gasteiger partial charge in [0, 0.05) is 22.7 Å². The molecule has 0 aliphatic heterocycles. The molecule has 0 saturated carbocycles.